The number of allylic oxidation sites excluding steroid dienone is 1. The first-order chi connectivity index (χ1) is 7.99. The summed E-state index contributed by atoms with van der Waals surface area (Å²) in [7, 11) is 3.39. The topological polar surface area (TPSA) is 18.5 Å². The molecule has 0 rings (SSSR count). The number of ether oxygens (including phenoxy) is 2. The average molecular weight is 236 g/mol. The largest absolute Gasteiger partial charge is 0.384 e. The van der Waals surface area contributed by atoms with Crippen LogP contribution in [0, 0.1) is 17.8 Å². The van der Waals surface area contributed by atoms with Crippen molar-refractivity contribution in [2.24, 2.45) is 5.41 Å². The van der Waals surface area contributed by atoms with E-state index in [1.165, 1.54) is 11.1 Å². The van der Waals surface area contributed by atoms with Gasteiger partial charge in [0.1, 0.15) is 0 Å². The SMILES string of the molecule is C#CCC(COC)(COC)CC(C)=C=C(C)C. The molecular formula is C15H24O2. The lowest BCUT2D eigenvalue weighted by atomic mass is 9.80. The molecule has 0 N–H and O–H groups in total. The molecule has 0 amide bonds. The first-order valence-electron chi connectivity index (χ1n) is 5.80. The third-order valence-electron chi connectivity index (χ3n) is 2.48. The summed E-state index contributed by atoms with van der Waals surface area (Å²) in [5.41, 5.74) is 5.55. The maximum atomic E-state index is 5.46. The van der Waals surface area contributed by atoms with Crippen LogP contribution in [0.2, 0.25) is 0 Å². The van der Waals surface area contributed by atoms with E-state index in [0.29, 0.717) is 19.6 Å². The van der Waals surface area contributed by atoms with Crippen LogP contribution in [-0.2, 0) is 9.47 Å². The van der Waals surface area contributed by atoms with E-state index in [0.717, 1.165) is 6.42 Å². The molecule has 96 valence electrons. The van der Waals surface area contributed by atoms with Crippen LogP contribution in [0.15, 0.2) is 16.9 Å². The fraction of sp³-hybridized carbons (Fsp3) is 0.667. The number of methoxy groups -OCH3 is 2. The van der Waals surface area contributed by atoms with Gasteiger partial charge in [0, 0.05) is 26.1 Å². The van der Waals surface area contributed by atoms with Crippen LogP contribution in [0.1, 0.15) is 33.6 Å². The van der Waals surface area contributed by atoms with Crippen LogP contribution in [0.25, 0.3) is 0 Å². The standard InChI is InChI=1S/C15H24O2/c1-7-8-15(11-16-5,12-17-6)10-14(4)9-13(2)3/h1H,8,10-12H2,2-6H3. The Bertz CT molecular complexity index is 317. The number of terminal acetylenes is 1. The van der Waals surface area contributed by atoms with E-state index in [2.05, 4.69) is 18.6 Å². The van der Waals surface area contributed by atoms with Crippen molar-refractivity contribution in [3.8, 4) is 12.3 Å². The summed E-state index contributed by atoms with van der Waals surface area (Å²) in [5, 5.41) is 0. The molecular weight excluding hydrogens is 212 g/mol. The Hall–Kier alpha value is -1.00. The Kier molecular flexibility index (Phi) is 7.66. The Balaban J connectivity index is 5.03. The van der Waals surface area contributed by atoms with Gasteiger partial charge in [-0.2, -0.15) is 0 Å². The van der Waals surface area contributed by atoms with E-state index in [-0.39, 0.29) is 5.41 Å². The lowest BCUT2D eigenvalue weighted by Crippen LogP contribution is -2.31. The van der Waals surface area contributed by atoms with Crippen LogP contribution in [0.5, 0.6) is 0 Å². The van der Waals surface area contributed by atoms with E-state index < -0.39 is 0 Å². The predicted molar refractivity (Wildman–Crippen MR) is 71.8 cm³/mol. The van der Waals surface area contributed by atoms with Gasteiger partial charge in [-0.15, -0.1) is 18.1 Å². The quantitative estimate of drug-likeness (QED) is 0.499. The molecule has 0 aromatic carbocycles. The average Bonchev–Trinajstić information content (AvgIpc) is 2.16. The second-order valence-corrected chi connectivity index (χ2v) is 4.83. The minimum Gasteiger partial charge on any atom is -0.384 e. The molecule has 0 aliphatic heterocycles. The maximum Gasteiger partial charge on any atom is 0.0553 e. The Morgan fingerprint density at radius 2 is 1.65 bits per heavy atom. The number of hydrogen-bond acceptors (Lipinski definition) is 2. The van der Waals surface area contributed by atoms with E-state index >= 15 is 0 Å². The number of hydrogen-bond donors (Lipinski definition) is 0. The summed E-state index contributed by atoms with van der Waals surface area (Å²) in [6.07, 6.45) is 6.96. The van der Waals surface area contributed by atoms with Gasteiger partial charge in [0.2, 0.25) is 0 Å². The highest BCUT2D eigenvalue weighted by atomic mass is 16.5. The third-order valence-corrected chi connectivity index (χ3v) is 2.48. The van der Waals surface area contributed by atoms with Gasteiger partial charge in [-0.1, -0.05) is 0 Å². The molecule has 2 nitrogen and oxygen atoms in total. The van der Waals surface area contributed by atoms with Gasteiger partial charge < -0.3 is 9.47 Å². The molecule has 0 aromatic heterocycles. The molecule has 2 heteroatoms. The third kappa shape index (κ3) is 6.34. The Morgan fingerprint density at radius 3 is 2.00 bits per heavy atom. The van der Waals surface area contributed by atoms with Crippen molar-refractivity contribution in [2.75, 3.05) is 27.4 Å². The molecule has 0 atom stereocenters. The zero-order chi connectivity index (χ0) is 13.3. The lowest BCUT2D eigenvalue weighted by Gasteiger charge is -2.30. The van der Waals surface area contributed by atoms with Crippen molar-refractivity contribution >= 4 is 0 Å². The minimum absolute atomic E-state index is 0.134. The van der Waals surface area contributed by atoms with Crippen molar-refractivity contribution in [3.05, 3.63) is 16.9 Å². The van der Waals surface area contributed by atoms with Gasteiger partial charge in [0.25, 0.3) is 0 Å². The van der Waals surface area contributed by atoms with Crippen molar-refractivity contribution < 1.29 is 9.47 Å². The molecule has 17 heavy (non-hydrogen) atoms. The zero-order valence-electron chi connectivity index (χ0n) is 11.7. The highest BCUT2D eigenvalue weighted by molar-refractivity contribution is 5.09. The lowest BCUT2D eigenvalue weighted by molar-refractivity contribution is 0.0134. The van der Waals surface area contributed by atoms with Crippen molar-refractivity contribution in [3.63, 3.8) is 0 Å². The molecule has 0 spiro atoms. The predicted octanol–water partition coefficient (Wildman–Crippen LogP) is 3.19. The highest BCUT2D eigenvalue weighted by Gasteiger charge is 2.30. The van der Waals surface area contributed by atoms with Gasteiger partial charge in [0.05, 0.1) is 13.2 Å². The summed E-state index contributed by atoms with van der Waals surface area (Å²) in [6.45, 7) is 7.36. The Morgan fingerprint density at radius 1 is 1.12 bits per heavy atom. The fourth-order valence-electron chi connectivity index (χ4n) is 2.17. The maximum absolute atomic E-state index is 5.46. The summed E-state index contributed by atoms with van der Waals surface area (Å²) < 4.78 is 10.6. The Labute approximate surface area is 106 Å². The smallest absolute Gasteiger partial charge is 0.0553 e. The van der Waals surface area contributed by atoms with Crippen LogP contribution in [-0.4, -0.2) is 27.4 Å². The minimum atomic E-state index is -0.134. The molecule has 0 aromatic rings. The van der Waals surface area contributed by atoms with Crippen LogP contribution >= 0.6 is 0 Å². The summed E-state index contributed by atoms with van der Waals surface area (Å²) in [6, 6.07) is 0. The van der Waals surface area contributed by atoms with Gasteiger partial charge in [-0.05, 0) is 38.3 Å². The first-order valence-corrected chi connectivity index (χ1v) is 5.80. The van der Waals surface area contributed by atoms with E-state index in [1.807, 2.05) is 13.8 Å². The zero-order valence-corrected chi connectivity index (χ0v) is 11.7. The fourth-order valence-corrected chi connectivity index (χ4v) is 2.17. The number of rotatable bonds is 7. The van der Waals surface area contributed by atoms with Crippen molar-refractivity contribution in [2.45, 2.75) is 33.6 Å². The molecule has 0 bridgehead atoms. The molecule has 0 radical (unpaired) electrons. The highest BCUT2D eigenvalue weighted by Crippen LogP contribution is 2.30. The molecule has 0 heterocycles. The first kappa shape index (κ1) is 16.0. The van der Waals surface area contributed by atoms with Crippen LogP contribution in [0.3, 0.4) is 0 Å². The van der Waals surface area contributed by atoms with Crippen LogP contribution < -0.4 is 0 Å². The van der Waals surface area contributed by atoms with Crippen molar-refractivity contribution in [1.29, 1.82) is 0 Å². The second kappa shape index (κ2) is 8.14. The van der Waals surface area contributed by atoms with Crippen LogP contribution in [0.4, 0.5) is 0 Å². The van der Waals surface area contributed by atoms with Gasteiger partial charge in [-0.3, -0.25) is 0 Å². The molecule has 0 saturated carbocycles. The van der Waals surface area contributed by atoms with Crippen molar-refractivity contribution in [1.82, 2.24) is 0 Å². The summed E-state index contributed by atoms with van der Waals surface area (Å²) in [4.78, 5) is 0. The molecule has 0 aliphatic rings. The molecule has 0 unspecified atom stereocenters. The van der Waals surface area contributed by atoms with E-state index in [1.54, 1.807) is 14.2 Å². The summed E-state index contributed by atoms with van der Waals surface area (Å²) >= 11 is 0. The molecule has 0 aliphatic carbocycles. The summed E-state index contributed by atoms with van der Waals surface area (Å²) in [5.74, 6) is 2.73. The van der Waals surface area contributed by atoms with Gasteiger partial charge >= 0.3 is 0 Å². The van der Waals surface area contributed by atoms with Gasteiger partial charge in [-0.25, -0.2) is 0 Å². The normalized spacial score (nSPS) is 10.6. The van der Waals surface area contributed by atoms with E-state index in [4.69, 9.17) is 15.9 Å². The molecule has 0 saturated heterocycles. The van der Waals surface area contributed by atoms with Gasteiger partial charge in [0.15, 0.2) is 0 Å². The van der Waals surface area contributed by atoms with E-state index in [9.17, 15) is 0 Å². The molecule has 0 fully saturated rings. The second-order valence-electron chi connectivity index (χ2n) is 4.83. The monoisotopic (exact) mass is 236 g/mol.